The lowest BCUT2D eigenvalue weighted by Gasteiger charge is -2.16. The van der Waals surface area contributed by atoms with Gasteiger partial charge in [-0.2, -0.15) is 0 Å². The van der Waals surface area contributed by atoms with E-state index < -0.39 is 5.91 Å². The van der Waals surface area contributed by atoms with E-state index in [1.54, 1.807) is 38.5 Å². The number of imide groups is 1. The van der Waals surface area contributed by atoms with Crippen LogP contribution in [0.25, 0.3) is 5.57 Å². The fourth-order valence-electron chi connectivity index (χ4n) is 4.03. The molecule has 0 atom stereocenters. The molecule has 1 N–H and O–H groups in total. The summed E-state index contributed by atoms with van der Waals surface area (Å²) in [7, 11) is 3.11. The SMILES string of the molecule is COc1ccc(NC2=C(c3ccc(C)cc3C)C(=O)N(c3cccc(C)c3)C2=O)c(OC)c1. The normalized spacial score (nSPS) is 13.5. The van der Waals surface area contributed by atoms with Crippen LogP contribution in [0, 0.1) is 20.8 Å². The van der Waals surface area contributed by atoms with Crippen LogP contribution < -0.4 is 19.7 Å². The maximum absolute atomic E-state index is 13.7. The number of aryl methyl sites for hydroxylation is 3. The van der Waals surface area contributed by atoms with E-state index in [2.05, 4.69) is 5.32 Å². The minimum atomic E-state index is -0.418. The lowest BCUT2D eigenvalue weighted by molar-refractivity contribution is -0.120. The average molecular weight is 443 g/mol. The van der Waals surface area contributed by atoms with E-state index in [1.807, 2.05) is 57.2 Å². The quantitative estimate of drug-likeness (QED) is 0.543. The van der Waals surface area contributed by atoms with E-state index in [4.69, 9.17) is 9.47 Å². The summed E-state index contributed by atoms with van der Waals surface area (Å²) in [4.78, 5) is 28.5. The van der Waals surface area contributed by atoms with Crippen LogP contribution in [0.3, 0.4) is 0 Å². The van der Waals surface area contributed by atoms with Gasteiger partial charge in [-0.15, -0.1) is 0 Å². The zero-order valence-corrected chi connectivity index (χ0v) is 19.4. The number of carbonyl (C=O) groups excluding carboxylic acids is 2. The van der Waals surface area contributed by atoms with E-state index in [0.717, 1.165) is 16.7 Å². The molecule has 6 nitrogen and oxygen atoms in total. The number of methoxy groups -OCH3 is 2. The standard InChI is InChI=1S/C27H26N2O4/c1-16-7-6-8-19(14-16)29-26(30)24(21-11-9-17(2)13-18(21)3)25(27(29)31)28-22-12-10-20(32-4)15-23(22)33-5/h6-15,28H,1-5H3. The number of nitrogens with one attached hydrogen (secondary N) is 1. The molecule has 0 radical (unpaired) electrons. The minimum Gasteiger partial charge on any atom is -0.497 e. The van der Waals surface area contributed by atoms with E-state index in [9.17, 15) is 9.59 Å². The molecule has 2 amide bonds. The molecule has 6 heteroatoms. The summed E-state index contributed by atoms with van der Waals surface area (Å²) in [6.45, 7) is 5.86. The van der Waals surface area contributed by atoms with Crippen molar-refractivity contribution in [3.05, 3.63) is 88.6 Å². The highest BCUT2D eigenvalue weighted by Gasteiger charge is 2.41. The Morgan fingerprint density at radius 2 is 1.55 bits per heavy atom. The third kappa shape index (κ3) is 4.07. The van der Waals surface area contributed by atoms with Gasteiger partial charge in [-0.25, -0.2) is 4.90 Å². The summed E-state index contributed by atoms with van der Waals surface area (Å²) >= 11 is 0. The second-order valence-electron chi connectivity index (χ2n) is 8.04. The van der Waals surface area contributed by atoms with Crippen LogP contribution in [-0.4, -0.2) is 26.0 Å². The van der Waals surface area contributed by atoms with Gasteiger partial charge in [-0.05, 0) is 61.7 Å². The molecule has 0 fully saturated rings. The molecular formula is C27H26N2O4. The fraction of sp³-hybridized carbons (Fsp3) is 0.185. The molecule has 33 heavy (non-hydrogen) atoms. The molecule has 3 aromatic carbocycles. The zero-order chi connectivity index (χ0) is 23.7. The van der Waals surface area contributed by atoms with Crippen molar-refractivity contribution in [1.29, 1.82) is 0 Å². The summed E-state index contributed by atoms with van der Waals surface area (Å²) in [6, 6.07) is 18.4. The van der Waals surface area contributed by atoms with Gasteiger partial charge in [0.25, 0.3) is 11.8 Å². The third-order valence-electron chi connectivity index (χ3n) is 5.66. The van der Waals surface area contributed by atoms with Crippen LogP contribution in [0.5, 0.6) is 11.5 Å². The van der Waals surface area contributed by atoms with Crippen molar-refractivity contribution in [2.45, 2.75) is 20.8 Å². The second kappa shape index (κ2) is 8.82. The predicted molar refractivity (Wildman–Crippen MR) is 130 cm³/mol. The molecule has 0 aliphatic carbocycles. The van der Waals surface area contributed by atoms with Crippen LogP contribution in [0.4, 0.5) is 11.4 Å². The Morgan fingerprint density at radius 3 is 2.21 bits per heavy atom. The number of benzene rings is 3. The lowest BCUT2D eigenvalue weighted by atomic mass is 9.97. The Hall–Kier alpha value is -4.06. The molecular weight excluding hydrogens is 416 g/mol. The average Bonchev–Trinajstić information content (AvgIpc) is 3.03. The van der Waals surface area contributed by atoms with Crippen molar-refractivity contribution in [2.24, 2.45) is 0 Å². The van der Waals surface area contributed by atoms with E-state index >= 15 is 0 Å². The van der Waals surface area contributed by atoms with Crippen LogP contribution in [-0.2, 0) is 9.59 Å². The number of anilines is 2. The van der Waals surface area contributed by atoms with Crippen molar-refractivity contribution < 1.29 is 19.1 Å². The Balaban J connectivity index is 1.87. The van der Waals surface area contributed by atoms with Gasteiger partial charge in [0.2, 0.25) is 0 Å². The first-order valence-electron chi connectivity index (χ1n) is 10.6. The number of carbonyl (C=O) groups is 2. The first kappa shape index (κ1) is 22.1. The van der Waals surface area contributed by atoms with Gasteiger partial charge in [0.1, 0.15) is 17.2 Å². The summed E-state index contributed by atoms with van der Waals surface area (Å²) < 4.78 is 10.8. The topological polar surface area (TPSA) is 67.9 Å². The summed E-state index contributed by atoms with van der Waals surface area (Å²) in [5.74, 6) is 0.332. The Morgan fingerprint density at radius 1 is 0.788 bits per heavy atom. The van der Waals surface area contributed by atoms with E-state index in [-0.39, 0.29) is 11.6 Å². The maximum Gasteiger partial charge on any atom is 0.282 e. The molecule has 1 aliphatic heterocycles. The fourth-order valence-corrected chi connectivity index (χ4v) is 4.03. The van der Waals surface area contributed by atoms with Crippen molar-refractivity contribution in [1.82, 2.24) is 0 Å². The smallest absolute Gasteiger partial charge is 0.282 e. The van der Waals surface area contributed by atoms with Crippen LogP contribution in [0.1, 0.15) is 22.3 Å². The van der Waals surface area contributed by atoms with Crippen molar-refractivity contribution in [2.75, 3.05) is 24.4 Å². The molecule has 0 aromatic heterocycles. The highest BCUT2D eigenvalue weighted by atomic mass is 16.5. The number of nitrogens with zero attached hydrogens (tertiary/aromatic N) is 1. The van der Waals surface area contributed by atoms with Crippen LogP contribution >= 0.6 is 0 Å². The first-order valence-corrected chi connectivity index (χ1v) is 10.6. The van der Waals surface area contributed by atoms with Crippen molar-refractivity contribution in [3.63, 3.8) is 0 Å². The molecule has 3 aromatic rings. The van der Waals surface area contributed by atoms with E-state index in [0.29, 0.717) is 34.0 Å². The number of hydrogen-bond acceptors (Lipinski definition) is 5. The highest BCUT2D eigenvalue weighted by Crippen LogP contribution is 2.37. The molecule has 0 unspecified atom stereocenters. The summed E-state index contributed by atoms with van der Waals surface area (Å²) in [5.41, 5.74) is 5.29. The summed E-state index contributed by atoms with van der Waals surface area (Å²) in [5, 5.41) is 3.18. The Kier molecular flexibility index (Phi) is 5.92. The monoisotopic (exact) mass is 442 g/mol. The second-order valence-corrected chi connectivity index (χ2v) is 8.04. The van der Waals surface area contributed by atoms with Crippen molar-refractivity contribution >= 4 is 28.8 Å². The van der Waals surface area contributed by atoms with Gasteiger partial charge in [0.15, 0.2) is 0 Å². The number of hydrogen-bond donors (Lipinski definition) is 1. The van der Waals surface area contributed by atoms with Crippen LogP contribution in [0.2, 0.25) is 0 Å². The van der Waals surface area contributed by atoms with Gasteiger partial charge < -0.3 is 14.8 Å². The lowest BCUT2D eigenvalue weighted by Crippen LogP contribution is -2.32. The molecule has 168 valence electrons. The molecule has 1 aliphatic rings. The third-order valence-corrected chi connectivity index (χ3v) is 5.66. The maximum atomic E-state index is 13.7. The number of ether oxygens (including phenoxy) is 2. The first-order chi connectivity index (χ1) is 15.8. The number of rotatable bonds is 6. The van der Waals surface area contributed by atoms with Gasteiger partial charge in [0.05, 0.1) is 31.2 Å². The Labute approximate surface area is 193 Å². The highest BCUT2D eigenvalue weighted by molar-refractivity contribution is 6.46. The number of amides is 2. The molecule has 1 heterocycles. The molecule has 4 rings (SSSR count). The molecule has 0 bridgehead atoms. The predicted octanol–water partition coefficient (Wildman–Crippen LogP) is 5.03. The largest absolute Gasteiger partial charge is 0.497 e. The summed E-state index contributed by atoms with van der Waals surface area (Å²) in [6.07, 6.45) is 0. The minimum absolute atomic E-state index is 0.205. The Bertz CT molecular complexity index is 1290. The van der Waals surface area contributed by atoms with Gasteiger partial charge in [-0.3, -0.25) is 9.59 Å². The van der Waals surface area contributed by atoms with Gasteiger partial charge >= 0.3 is 0 Å². The van der Waals surface area contributed by atoms with Gasteiger partial charge in [-0.1, -0.05) is 35.9 Å². The van der Waals surface area contributed by atoms with Gasteiger partial charge in [0, 0.05) is 6.07 Å². The molecule has 0 saturated carbocycles. The van der Waals surface area contributed by atoms with Crippen LogP contribution in [0.15, 0.2) is 66.4 Å². The van der Waals surface area contributed by atoms with Crippen molar-refractivity contribution in [3.8, 4) is 11.5 Å². The van der Waals surface area contributed by atoms with E-state index in [1.165, 1.54) is 4.90 Å². The molecule has 0 saturated heterocycles. The molecule has 0 spiro atoms. The zero-order valence-electron chi connectivity index (χ0n) is 19.4.